The van der Waals surface area contributed by atoms with E-state index in [9.17, 15) is 4.79 Å². The van der Waals surface area contributed by atoms with Crippen molar-refractivity contribution in [2.24, 2.45) is 0 Å². The van der Waals surface area contributed by atoms with Gasteiger partial charge in [-0.3, -0.25) is 4.79 Å². The molecule has 2 aromatic rings. The highest BCUT2D eigenvalue weighted by atomic mass is 16.5. The Morgan fingerprint density at radius 3 is 2.92 bits per heavy atom. The molecule has 0 unspecified atom stereocenters. The van der Waals surface area contributed by atoms with Crippen molar-refractivity contribution in [3.05, 3.63) is 35.9 Å². The molecule has 1 fully saturated rings. The van der Waals surface area contributed by atoms with Crippen molar-refractivity contribution in [1.82, 2.24) is 20.3 Å². The maximum Gasteiger partial charge on any atom is 0.307 e. The predicted molar refractivity (Wildman–Crippen MR) is 86.9 cm³/mol. The zero-order valence-electron chi connectivity index (χ0n) is 14.0. The Morgan fingerprint density at radius 1 is 1.42 bits per heavy atom. The number of hydrogen-bond donors (Lipinski definition) is 1. The van der Waals surface area contributed by atoms with Crippen LogP contribution in [0, 0.1) is 13.8 Å². The number of methoxy groups -OCH3 is 1. The predicted octanol–water partition coefficient (Wildman–Crippen LogP) is 1.11. The van der Waals surface area contributed by atoms with E-state index < -0.39 is 0 Å². The number of nitrogens with one attached hydrogen (secondary N) is 1. The fraction of sp³-hybridized carbons (Fsp3) is 0.500. The molecule has 1 amide bonds. The van der Waals surface area contributed by atoms with E-state index in [2.05, 4.69) is 25.2 Å². The summed E-state index contributed by atoms with van der Waals surface area (Å²) in [6.07, 6.45) is 3.99. The number of nitrogens with zero attached hydrogens (tertiary/aromatic N) is 4. The fourth-order valence-corrected chi connectivity index (χ4v) is 2.86. The van der Waals surface area contributed by atoms with Gasteiger partial charge >= 0.3 is 5.91 Å². The van der Waals surface area contributed by atoms with Gasteiger partial charge in [0.05, 0.1) is 18.3 Å². The molecule has 3 heterocycles. The highest BCUT2D eigenvalue weighted by molar-refractivity contribution is 5.89. The van der Waals surface area contributed by atoms with Crippen LogP contribution in [0.3, 0.4) is 0 Å². The van der Waals surface area contributed by atoms with Crippen molar-refractivity contribution in [2.45, 2.75) is 32.4 Å². The Balaban J connectivity index is 1.68. The average molecular weight is 331 g/mol. The molecule has 8 nitrogen and oxygen atoms in total. The van der Waals surface area contributed by atoms with Gasteiger partial charge in [-0.1, -0.05) is 0 Å². The summed E-state index contributed by atoms with van der Waals surface area (Å²) >= 11 is 0. The van der Waals surface area contributed by atoms with Gasteiger partial charge in [-0.15, -0.1) is 0 Å². The van der Waals surface area contributed by atoms with Crippen molar-refractivity contribution >= 4 is 11.7 Å². The molecule has 2 aromatic heterocycles. The smallest absolute Gasteiger partial charge is 0.307 e. The second-order valence-corrected chi connectivity index (χ2v) is 5.90. The summed E-state index contributed by atoms with van der Waals surface area (Å²) in [5.74, 6) is 1.22. The van der Waals surface area contributed by atoms with Crippen LogP contribution >= 0.6 is 0 Å². The summed E-state index contributed by atoms with van der Waals surface area (Å²) in [5.41, 5.74) is 0.902. The lowest BCUT2D eigenvalue weighted by atomic mass is 10.2. The molecule has 1 saturated heterocycles. The normalized spacial score (nSPS) is 20.4. The molecule has 1 N–H and O–H groups in total. The number of carbonyl (C=O) groups is 1. The SMILES string of the molecule is CO[C@H]1C[C@@H](CNC(=O)c2ncc(C)o2)N(c2cc(C)ncn2)C1. The van der Waals surface area contributed by atoms with E-state index in [1.54, 1.807) is 20.4 Å². The molecule has 1 aliphatic heterocycles. The molecule has 1 aliphatic rings. The highest BCUT2D eigenvalue weighted by Crippen LogP contribution is 2.25. The van der Waals surface area contributed by atoms with Gasteiger partial charge in [0.15, 0.2) is 0 Å². The highest BCUT2D eigenvalue weighted by Gasteiger charge is 2.33. The van der Waals surface area contributed by atoms with Gasteiger partial charge in [-0.2, -0.15) is 0 Å². The Kier molecular flexibility index (Phi) is 4.75. The number of hydrogen-bond acceptors (Lipinski definition) is 7. The van der Waals surface area contributed by atoms with Crippen molar-refractivity contribution in [1.29, 1.82) is 0 Å². The van der Waals surface area contributed by atoms with Gasteiger partial charge in [-0.05, 0) is 20.3 Å². The van der Waals surface area contributed by atoms with Crippen LogP contribution in [-0.4, -0.2) is 53.2 Å². The molecule has 0 radical (unpaired) electrons. The third-order valence-electron chi connectivity index (χ3n) is 4.11. The van der Waals surface area contributed by atoms with Crippen LogP contribution in [0.5, 0.6) is 0 Å². The number of anilines is 1. The monoisotopic (exact) mass is 331 g/mol. The van der Waals surface area contributed by atoms with Crippen LogP contribution in [0.4, 0.5) is 5.82 Å². The molecular weight excluding hydrogens is 310 g/mol. The zero-order chi connectivity index (χ0) is 17.1. The van der Waals surface area contributed by atoms with Crippen LogP contribution in [-0.2, 0) is 4.74 Å². The van der Waals surface area contributed by atoms with Crippen molar-refractivity contribution in [3.8, 4) is 0 Å². The van der Waals surface area contributed by atoms with E-state index in [0.29, 0.717) is 12.3 Å². The molecule has 0 bridgehead atoms. The molecule has 128 valence electrons. The van der Waals surface area contributed by atoms with Crippen molar-refractivity contribution in [2.75, 3.05) is 25.1 Å². The number of ether oxygens (including phenoxy) is 1. The summed E-state index contributed by atoms with van der Waals surface area (Å²) in [6, 6.07) is 2.02. The number of carbonyl (C=O) groups excluding carboxylic acids is 1. The summed E-state index contributed by atoms with van der Waals surface area (Å²) in [5, 5.41) is 2.88. The summed E-state index contributed by atoms with van der Waals surface area (Å²) in [6.45, 7) is 4.87. The summed E-state index contributed by atoms with van der Waals surface area (Å²) in [7, 11) is 1.70. The van der Waals surface area contributed by atoms with E-state index in [-0.39, 0.29) is 23.9 Å². The van der Waals surface area contributed by atoms with E-state index in [1.165, 1.54) is 6.20 Å². The van der Waals surface area contributed by atoms with Gasteiger partial charge in [0.2, 0.25) is 0 Å². The first-order chi connectivity index (χ1) is 11.6. The Hall–Kier alpha value is -2.48. The molecule has 0 aromatic carbocycles. The van der Waals surface area contributed by atoms with Crippen LogP contribution in [0.2, 0.25) is 0 Å². The standard InChI is InChI=1S/C16H21N5O3/c1-10-4-14(20-9-19-10)21-8-13(23-3)5-12(21)7-17-15(22)16-18-6-11(2)24-16/h4,6,9,12-13H,5,7-8H2,1-3H3,(H,17,22)/t12-,13-/m0/s1. The lowest BCUT2D eigenvalue weighted by Gasteiger charge is -2.25. The molecule has 3 rings (SSSR count). The number of rotatable bonds is 5. The van der Waals surface area contributed by atoms with E-state index in [4.69, 9.17) is 9.15 Å². The van der Waals surface area contributed by atoms with Crippen LogP contribution in [0.25, 0.3) is 0 Å². The first kappa shape index (κ1) is 16.4. The van der Waals surface area contributed by atoms with Gasteiger partial charge in [0, 0.05) is 32.0 Å². The van der Waals surface area contributed by atoms with E-state index >= 15 is 0 Å². The number of oxazole rings is 1. The minimum Gasteiger partial charge on any atom is -0.438 e. The van der Waals surface area contributed by atoms with Gasteiger partial charge in [-0.25, -0.2) is 15.0 Å². The Morgan fingerprint density at radius 2 is 2.25 bits per heavy atom. The second kappa shape index (κ2) is 6.96. The lowest BCUT2D eigenvalue weighted by Crippen LogP contribution is -2.40. The third kappa shape index (κ3) is 3.53. The first-order valence-electron chi connectivity index (χ1n) is 7.85. The van der Waals surface area contributed by atoms with Gasteiger partial charge < -0.3 is 19.4 Å². The van der Waals surface area contributed by atoms with Crippen molar-refractivity contribution < 1.29 is 13.9 Å². The number of aryl methyl sites for hydroxylation is 2. The molecular formula is C16H21N5O3. The van der Waals surface area contributed by atoms with Crippen molar-refractivity contribution in [3.63, 3.8) is 0 Å². The minimum absolute atomic E-state index is 0.0817. The van der Waals surface area contributed by atoms with Crippen LogP contribution in [0.1, 0.15) is 28.6 Å². The van der Waals surface area contributed by atoms with E-state index in [0.717, 1.165) is 24.5 Å². The van der Waals surface area contributed by atoms with Gasteiger partial charge in [0.1, 0.15) is 17.9 Å². The van der Waals surface area contributed by atoms with E-state index in [1.807, 2.05) is 13.0 Å². The molecule has 0 spiro atoms. The fourth-order valence-electron chi connectivity index (χ4n) is 2.86. The molecule has 0 saturated carbocycles. The number of amides is 1. The van der Waals surface area contributed by atoms with Crippen LogP contribution < -0.4 is 10.2 Å². The molecule has 2 atom stereocenters. The topological polar surface area (TPSA) is 93.4 Å². The molecule has 0 aliphatic carbocycles. The number of aromatic nitrogens is 3. The minimum atomic E-state index is -0.317. The summed E-state index contributed by atoms with van der Waals surface area (Å²) in [4.78, 5) is 26.7. The van der Waals surface area contributed by atoms with Gasteiger partial charge in [0.25, 0.3) is 5.89 Å². The largest absolute Gasteiger partial charge is 0.438 e. The zero-order valence-corrected chi connectivity index (χ0v) is 14.0. The maximum absolute atomic E-state index is 12.1. The quantitative estimate of drug-likeness (QED) is 0.877. The average Bonchev–Trinajstić information content (AvgIpc) is 3.18. The summed E-state index contributed by atoms with van der Waals surface area (Å²) < 4.78 is 10.7. The van der Waals surface area contributed by atoms with Crippen LogP contribution in [0.15, 0.2) is 23.0 Å². The molecule has 8 heteroatoms. The third-order valence-corrected chi connectivity index (χ3v) is 4.11. The first-order valence-corrected chi connectivity index (χ1v) is 7.85. The Labute approximate surface area is 140 Å². The molecule has 24 heavy (non-hydrogen) atoms. The Bertz CT molecular complexity index is 717. The lowest BCUT2D eigenvalue weighted by molar-refractivity contribution is 0.0911. The maximum atomic E-state index is 12.1. The second-order valence-electron chi connectivity index (χ2n) is 5.90.